The summed E-state index contributed by atoms with van der Waals surface area (Å²) in [5.74, 6) is 2.36. The highest BCUT2D eigenvalue weighted by Crippen LogP contribution is 2.24. The summed E-state index contributed by atoms with van der Waals surface area (Å²) in [6, 6.07) is 15.4. The molecule has 0 aliphatic carbocycles. The third kappa shape index (κ3) is 2.85. The molecule has 0 unspecified atom stereocenters. The zero-order valence-electron chi connectivity index (χ0n) is 11.8. The number of ether oxygens (including phenoxy) is 2. The van der Waals surface area contributed by atoms with Crippen LogP contribution in [0.5, 0.6) is 11.5 Å². The van der Waals surface area contributed by atoms with Crippen LogP contribution >= 0.6 is 0 Å². The maximum absolute atomic E-state index is 5.83. The van der Waals surface area contributed by atoms with Crippen LogP contribution in [0.1, 0.15) is 11.3 Å². The van der Waals surface area contributed by atoms with Gasteiger partial charge in [-0.15, -0.1) is 0 Å². The van der Waals surface area contributed by atoms with Gasteiger partial charge in [0.05, 0.1) is 7.11 Å². The number of para-hydroxylation sites is 1. The van der Waals surface area contributed by atoms with Crippen LogP contribution in [-0.2, 0) is 13.2 Å². The average Bonchev–Trinajstić information content (AvgIpc) is 2.96. The Kier molecular flexibility index (Phi) is 3.79. The Bertz CT molecular complexity index is 731. The highest BCUT2D eigenvalue weighted by molar-refractivity contribution is 5.81. The van der Waals surface area contributed by atoms with E-state index in [1.165, 1.54) is 0 Å². The maximum atomic E-state index is 5.83. The number of hydrogen-bond acceptors (Lipinski definition) is 4. The van der Waals surface area contributed by atoms with E-state index < -0.39 is 0 Å². The number of benzene rings is 2. The van der Waals surface area contributed by atoms with Gasteiger partial charge in [-0.1, -0.05) is 18.2 Å². The van der Waals surface area contributed by atoms with E-state index >= 15 is 0 Å². The van der Waals surface area contributed by atoms with Gasteiger partial charge in [0.25, 0.3) is 0 Å². The minimum Gasteiger partial charge on any atom is -0.497 e. The predicted octanol–water partition coefficient (Wildman–Crippen LogP) is 3.48. The summed E-state index contributed by atoms with van der Waals surface area (Å²) in [6.07, 6.45) is 0. The molecule has 21 heavy (non-hydrogen) atoms. The van der Waals surface area contributed by atoms with Crippen LogP contribution in [-0.4, -0.2) is 7.11 Å². The van der Waals surface area contributed by atoms with Crippen molar-refractivity contribution in [2.75, 3.05) is 7.11 Å². The minimum atomic E-state index is 0.380. The summed E-state index contributed by atoms with van der Waals surface area (Å²) >= 11 is 0. The van der Waals surface area contributed by atoms with Gasteiger partial charge in [-0.2, -0.15) is 0 Å². The van der Waals surface area contributed by atoms with Gasteiger partial charge in [0.1, 0.15) is 29.4 Å². The summed E-state index contributed by atoms with van der Waals surface area (Å²) < 4.78 is 16.7. The molecule has 0 amide bonds. The van der Waals surface area contributed by atoms with Gasteiger partial charge in [-0.25, -0.2) is 0 Å². The second kappa shape index (κ2) is 5.89. The van der Waals surface area contributed by atoms with Crippen molar-refractivity contribution in [1.82, 2.24) is 0 Å². The molecule has 0 aliphatic rings. The first-order valence-corrected chi connectivity index (χ1v) is 6.77. The molecule has 0 aliphatic heterocycles. The molecule has 0 bridgehead atoms. The van der Waals surface area contributed by atoms with Gasteiger partial charge >= 0.3 is 0 Å². The zero-order chi connectivity index (χ0) is 14.7. The molecule has 108 valence electrons. The number of furan rings is 1. The predicted molar refractivity (Wildman–Crippen MR) is 81.4 cm³/mol. The second-order valence-electron chi connectivity index (χ2n) is 4.72. The van der Waals surface area contributed by atoms with Crippen LogP contribution < -0.4 is 15.2 Å². The molecule has 2 N–H and O–H groups in total. The van der Waals surface area contributed by atoms with Crippen molar-refractivity contribution < 1.29 is 13.9 Å². The SMILES string of the molecule is COc1ccc(OCc2cc3cccc(CN)c3o2)cc1. The summed E-state index contributed by atoms with van der Waals surface area (Å²) in [5.41, 5.74) is 7.56. The van der Waals surface area contributed by atoms with Crippen LogP contribution in [0.15, 0.2) is 52.9 Å². The number of methoxy groups -OCH3 is 1. The highest BCUT2D eigenvalue weighted by Gasteiger charge is 2.08. The number of hydrogen-bond donors (Lipinski definition) is 1. The van der Waals surface area contributed by atoms with Crippen molar-refractivity contribution in [3.05, 3.63) is 59.9 Å². The topological polar surface area (TPSA) is 57.6 Å². The Morgan fingerprint density at radius 3 is 2.52 bits per heavy atom. The summed E-state index contributed by atoms with van der Waals surface area (Å²) in [6.45, 7) is 0.842. The standard InChI is InChI=1S/C17H17NO3/c1-19-14-5-7-15(8-6-14)20-11-16-9-12-3-2-4-13(10-18)17(12)21-16/h2-9H,10-11,18H2,1H3. The fraction of sp³-hybridized carbons (Fsp3) is 0.176. The van der Waals surface area contributed by atoms with Crippen LogP contribution in [0, 0.1) is 0 Å². The smallest absolute Gasteiger partial charge is 0.146 e. The molecule has 0 saturated carbocycles. The third-order valence-corrected chi connectivity index (χ3v) is 3.34. The van der Waals surface area contributed by atoms with Crippen molar-refractivity contribution in [3.8, 4) is 11.5 Å². The largest absolute Gasteiger partial charge is 0.497 e. The Labute approximate surface area is 123 Å². The molecule has 1 heterocycles. The second-order valence-corrected chi connectivity index (χ2v) is 4.72. The first kappa shape index (κ1) is 13.5. The monoisotopic (exact) mass is 283 g/mol. The summed E-state index contributed by atoms with van der Waals surface area (Å²) in [5, 5.41) is 1.05. The van der Waals surface area contributed by atoms with Crippen molar-refractivity contribution >= 4 is 11.0 Å². The Balaban J connectivity index is 1.75. The molecule has 4 nitrogen and oxygen atoms in total. The molecule has 3 aromatic rings. The van der Waals surface area contributed by atoms with Crippen molar-refractivity contribution in [2.45, 2.75) is 13.2 Å². The molecule has 0 saturated heterocycles. The van der Waals surface area contributed by atoms with Gasteiger partial charge in [0.15, 0.2) is 0 Å². The maximum Gasteiger partial charge on any atom is 0.146 e. The lowest BCUT2D eigenvalue weighted by atomic mass is 10.1. The zero-order valence-corrected chi connectivity index (χ0v) is 11.8. The van der Waals surface area contributed by atoms with E-state index in [1.807, 2.05) is 48.5 Å². The summed E-state index contributed by atoms with van der Waals surface area (Å²) in [7, 11) is 1.64. The van der Waals surface area contributed by atoms with Crippen molar-refractivity contribution in [3.63, 3.8) is 0 Å². The van der Waals surface area contributed by atoms with Gasteiger partial charge in [0.2, 0.25) is 0 Å². The van der Waals surface area contributed by atoms with Crippen LogP contribution in [0.25, 0.3) is 11.0 Å². The molecule has 2 aromatic carbocycles. The molecule has 4 heteroatoms. The van der Waals surface area contributed by atoms with E-state index in [9.17, 15) is 0 Å². The average molecular weight is 283 g/mol. The fourth-order valence-corrected chi connectivity index (χ4v) is 2.24. The minimum absolute atomic E-state index is 0.380. The Morgan fingerprint density at radius 2 is 1.81 bits per heavy atom. The highest BCUT2D eigenvalue weighted by atomic mass is 16.5. The molecular weight excluding hydrogens is 266 g/mol. The number of rotatable bonds is 5. The van der Waals surface area contributed by atoms with Crippen molar-refractivity contribution in [2.24, 2.45) is 5.73 Å². The lowest BCUT2D eigenvalue weighted by molar-refractivity contribution is 0.274. The normalized spacial score (nSPS) is 10.8. The molecule has 0 fully saturated rings. The molecule has 1 aromatic heterocycles. The number of nitrogens with two attached hydrogens (primary N) is 1. The fourth-order valence-electron chi connectivity index (χ4n) is 2.24. The van der Waals surface area contributed by atoms with E-state index in [4.69, 9.17) is 19.6 Å². The molecule has 0 radical (unpaired) electrons. The lowest BCUT2D eigenvalue weighted by Crippen LogP contribution is -1.95. The Hall–Kier alpha value is -2.46. The van der Waals surface area contributed by atoms with E-state index in [2.05, 4.69) is 0 Å². The van der Waals surface area contributed by atoms with Crippen LogP contribution in [0.3, 0.4) is 0 Å². The molecule has 3 rings (SSSR count). The van der Waals surface area contributed by atoms with Gasteiger partial charge in [-0.3, -0.25) is 0 Å². The van der Waals surface area contributed by atoms with Gasteiger partial charge in [-0.05, 0) is 30.3 Å². The van der Waals surface area contributed by atoms with E-state index in [0.717, 1.165) is 33.8 Å². The summed E-state index contributed by atoms with van der Waals surface area (Å²) in [4.78, 5) is 0. The van der Waals surface area contributed by atoms with Crippen LogP contribution in [0.4, 0.5) is 0 Å². The molecule has 0 spiro atoms. The number of fused-ring (bicyclic) bond motifs is 1. The van der Waals surface area contributed by atoms with Gasteiger partial charge in [0, 0.05) is 17.5 Å². The first-order chi connectivity index (χ1) is 10.3. The third-order valence-electron chi connectivity index (χ3n) is 3.34. The molecular formula is C17H17NO3. The van der Waals surface area contributed by atoms with E-state index in [0.29, 0.717) is 13.2 Å². The Morgan fingerprint density at radius 1 is 1.05 bits per heavy atom. The van der Waals surface area contributed by atoms with Crippen molar-refractivity contribution in [1.29, 1.82) is 0 Å². The molecule has 0 atom stereocenters. The first-order valence-electron chi connectivity index (χ1n) is 6.77. The van der Waals surface area contributed by atoms with Gasteiger partial charge < -0.3 is 19.6 Å². The van der Waals surface area contributed by atoms with Crippen LogP contribution in [0.2, 0.25) is 0 Å². The van der Waals surface area contributed by atoms with E-state index in [1.54, 1.807) is 7.11 Å². The lowest BCUT2D eigenvalue weighted by Gasteiger charge is -2.05. The van der Waals surface area contributed by atoms with E-state index in [-0.39, 0.29) is 0 Å². The quantitative estimate of drug-likeness (QED) is 0.779.